The highest BCUT2D eigenvalue weighted by molar-refractivity contribution is 5.17. The lowest BCUT2D eigenvalue weighted by Crippen LogP contribution is -2.31. The van der Waals surface area contributed by atoms with E-state index in [1.54, 1.807) is 0 Å². The van der Waals surface area contributed by atoms with E-state index in [1.807, 2.05) is 0 Å². The minimum Gasteiger partial charge on any atom is -0.372 e. The SMILES string of the molecule is NC1CCCC1OCc1cc(F)ccc1F. The Morgan fingerprint density at radius 3 is 2.81 bits per heavy atom. The lowest BCUT2D eigenvalue weighted by molar-refractivity contribution is 0.0341. The van der Waals surface area contributed by atoms with Gasteiger partial charge in [-0.2, -0.15) is 0 Å². The molecule has 0 aliphatic heterocycles. The van der Waals surface area contributed by atoms with Crippen LogP contribution in [0.4, 0.5) is 8.78 Å². The molecule has 0 aromatic heterocycles. The average molecular weight is 227 g/mol. The highest BCUT2D eigenvalue weighted by atomic mass is 19.1. The van der Waals surface area contributed by atoms with Gasteiger partial charge < -0.3 is 10.5 Å². The van der Waals surface area contributed by atoms with E-state index in [9.17, 15) is 8.78 Å². The maximum Gasteiger partial charge on any atom is 0.128 e. The molecule has 0 heterocycles. The second-order valence-electron chi connectivity index (χ2n) is 4.18. The second-order valence-corrected chi connectivity index (χ2v) is 4.18. The van der Waals surface area contributed by atoms with Crippen LogP contribution in [0.25, 0.3) is 0 Å². The lowest BCUT2D eigenvalue weighted by atomic mass is 10.2. The van der Waals surface area contributed by atoms with Crippen LogP contribution >= 0.6 is 0 Å². The van der Waals surface area contributed by atoms with Crippen LogP contribution in [0.5, 0.6) is 0 Å². The molecule has 2 unspecified atom stereocenters. The monoisotopic (exact) mass is 227 g/mol. The number of hydrogen-bond acceptors (Lipinski definition) is 2. The van der Waals surface area contributed by atoms with E-state index in [2.05, 4.69) is 0 Å². The summed E-state index contributed by atoms with van der Waals surface area (Å²) in [6, 6.07) is 3.40. The zero-order valence-electron chi connectivity index (χ0n) is 8.96. The molecule has 1 aromatic carbocycles. The van der Waals surface area contributed by atoms with Crippen LogP contribution in [0.2, 0.25) is 0 Å². The van der Waals surface area contributed by atoms with E-state index < -0.39 is 11.6 Å². The van der Waals surface area contributed by atoms with Gasteiger partial charge in [-0.15, -0.1) is 0 Å². The van der Waals surface area contributed by atoms with Gasteiger partial charge in [0.1, 0.15) is 11.6 Å². The van der Waals surface area contributed by atoms with Gasteiger partial charge in [-0.05, 0) is 37.5 Å². The van der Waals surface area contributed by atoms with Crippen LogP contribution in [-0.4, -0.2) is 12.1 Å². The summed E-state index contributed by atoms with van der Waals surface area (Å²) in [7, 11) is 0. The van der Waals surface area contributed by atoms with E-state index in [-0.39, 0.29) is 24.3 Å². The number of nitrogens with two attached hydrogens (primary N) is 1. The predicted molar refractivity (Wildman–Crippen MR) is 56.8 cm³/mol. The maximum absolute atomic E-state index is 13.3. The largest absolute Gasteiger partial charge is 0.372 e. The quantitative estimate of drug-likeness (QED) is 0.860. The van der Waals surface area contributed by atoms with Crippen LogP contribution in [0.15, 0.2) is 18.2 Å². The van der Waals surface area contributed by atoms with Gasteiger partial charge in [0, 0.05) is 11.6 Å². The first kappa shape index (κ1) is 11.5. The number of ether oxygens (including phenoxy) is 1. The van der Waals surface area contributed by atoms with Crippen molar-refractivity contribution in [3.05, 3.63) is 35.4 Å². The molecular formula is C12H15F2NO. The van der Waals surface area contributed by atoms with E-state index in [0.29, 0.717) is 0 Å². The third-order valence-corrected chi connectivity index (χ3v) is 2.96. The normalized spacial score (nSPS) is 24.9. The summed E-state index contributed by atoms with van der Waals surface area (Å²) in [5.74, 6) is -0.885. The summed E-state index contributed by atoms with van der Waals surface area (Å²) in [6.45, 7) is 0.0853. The van der Waals surface area contributed by atoms with E-state index >= 15 is 0 Å². The van der Waals surface area contributed by atoms with Crippen molar-refractivity contribution in [3.8, 4) is 0 Å². The summed E-state index contributed by atoms with van der Waals surface area (Å²) >= 11 is 0. The van der Waals surface area contributed by atoms with Crippen LogP contribution in [-0.2, 0) is 11.3 Å². The van der Waals surface area contributed by atoms with Crippen molar-refractivity contribution in [2.75, 3.05) is 0 Å². The average Bonchev–Trinajstić information content (AvgIpc) is 2.66. The Labute approximate surface area is 93.4 Å². The minimum absolute atomic E-state index is 0.0246. The summed E-state index contributed by atoms with van der Waals surface area (Å²) in [4.78, 5) is 0. The molecule has 0 radical (unpaired) electrons. The van der Waals surface area contributed by atoms with Gasteiger partial charge in [0.15, 0.2) is 0 Å². The highest BCUT2D eigenvalue weighted by Gasteiger charge is 2.24. The minimum atomic E-state index is -0.448. The molecule has 0 spiro atoms. The Hall–Kier alpha value is -1.00. The summed E-state index contributed by atoms with van der Waals surface area (Å²) < 4.78 is 31.6. The molecule has 2 atom stereocenters. The summed E-state index contributed by atoms with van der Waals surface area (Å²) in [5.41, 5.74) is 6.07. The van der Waals surface area contributed by atoms with Gasteiger partial charge in [0.2, 0.25) is 0 Å². The molecule has 2 nitrogen and oxygen atoms in total. The molecule has 1 saturated carbocycles. The Bertz CT molecular complexity index is 370. The molecule has 1 fully saturated rings. The van der Waals surface area contributed by atoms with Gasteiger partial charge in [-0.1, -0.05) is 0 Å². The predicted octanol–water partition coefficient (Wildman–Crippen LogP) is 2.36. The van der Waals surface area contributed by atoms with Crippen molar-refractivity contribution in [2.24, 2.45) is 5.73 Å². The van der Waals surface area contributed by atoms with E-state index in [0.717, 1.165) is 37.5 Å². The van der Waals surface area contributed by atoms with Crippen LogP contribution in [0.1, 0.15) is 24.8 Å². The molecule has 1 aromatic rings. The van der Waals surface area contributed by atoms with Crippen molar-refractivity contribution in [1.29, 1.82) is 0 Å². The highest BCUT2D eigenvalue weighted by Crippen LogP contribution is 2.22. The molecule has 1 aliphatic carbocycles. The Balaban J connectivity index is 1.96. The third kappa shape index (κ3) is 2.57. The van der Waals surface area contributed by atoms with Gasteiger partial charge in [0.05, 0.1) is 12.7 Å². The van der Waals surface area contributed by atoms with Gasteiger partial charge >= 0.3 is 0 Å². The van der Waals surface area contributed by atoms with Crippen LogP contribution < -0.4 is 5.73 Å². The van der Waals surface area contributed by atoms with E-state index in [1.165, 1.54) is 0 Å². The second kappa shape index (κ2) is 4.89. The van der Waals surface area contributed by atoms with Crippen LogP contribution in [0, 0.1) is 11.6 Å². The van der Waals surface area contributed by atoms with Crippen molar-refractivity contribution < 1.29 is 13.5 Å². The Morgan fingerprint density at radius 1 is 1.31 bits per heavy atom. The van der Waals surface area contributed by atoms with Crippen molar-refractivity contribution in [3.63, 3.8) is 0 Å². The third-order valence-electron chi connectivity index (χ3n) is 2.96. The van der Waals surface area contributed by atoms with Gasteiger partial charge in [-0.25, -0.2) is 8.78 Å². The fourth-order valence-electron chi connectivity index (χ4n) is 2.01. The molecule has 2 rings (SSSR count). The molecule has 0 saturated heterocycles. The molecule has 1 aliphatic rings. The molecular weight excluding hydrogens is 212 g/mol. The lowest BCUT2D eigenvalue weighted by Gasteiger charge is -2.16. The zero-order valence-corrected chi connectivity index (χ0v) is 8.96. The molecule has 4 heteroatoms. The number of hydrogen-bond donors (Lipinski definition) is 1. The number of benzene rings is 1. The zero-order chi connectivity index (χ0) is 11.5. The van der Waals surface area contributed by atoms with E-state index in [4.69, 9.17) is 10.5 Å². The first-order valence-corrected chi connectivity index (χ1v) is 5.48. The number of rotatable bonds is 3. The first-order valence-electron chi connectivity index (χ1n) is 5.48. The molecule has 16 heavy (non-hydrogen) atoms. The smallest absolute Gasteiger partial charge is 0.128 e. The standard InChI is InChI=1S/C12H15F2NO/c13-9-4-5-10(14)8(6-9)7-16-12-3-1-2-11(12)15/h4-6,11-12H,1-3,7,15H2. The van der Waals surface area contributed by atoms with Crippen LogP contribution in [0.3, 0.4) is 0 Å². The Kier molecular flexibility index (Phi) is 3.51. The molecule has 0 bridgehead atoms. The topological polar surface area (TPSA) is 35.2 Å². The number of halogens is 2. The molecule has 0 amide bonds. The molecule has 88 valence electrons. The van der Waals surface area contributed by atoms with Crippen molar-refractivity contribution in [2.45, 2.75) is 38.0 Å². The summed E-state index contributed by atoms with van der Waals surface area (Å²) in [5, 5.41) is 0. The van der Waals surface area contributed by atoms with Gasteiger partial charge in [0.25, 0.3) is 0 Å². The Morgan fingerprint density at radius 2 is 2.12 bits per heavy atom. The molecule has 2 N–H and O–H groups in total. The van der Waals surface area contributed by atoms with Crippen molar-refractivity contribution in [1.82, 2.24) is 0 Å². The first-order chi connectivity index (χ1) is 7.66. The van der Waals surface area contributed by atoms with Crippen molar-refractivity contribution >= 4 is 0 Å². The fourth-order valence-corrected chi connectivity index (χ4v) is 2.01. The summed E-state index contributed by atoms with van der Waals surface area (Å²) in [6.07, 6.45) is 2.86. The fraction of sp³-hybridized carbons (Fsp3) is 0.500. The van der Waals surface area contributed by atoms with Gasteiger partial charge in [-0.3, -0.25) is 0 Å². The maximum atomic E-state index is 13.3.